The first-order valence-corrected chi connectivity index (χ1v) is 10.6. The summed E-state index contributed by atoms with van der Waals surface area (Å²) in [6, 6.07) is 6.49. The molecular formula is C22H39IN4O2. The zero-order chi connectivity index (χ0) is 20.4. The molecular weight excluding hydrogens is 479 g/mol. The summed E-state index contributed by atoms with van der Waals surface area (Å²) in [5, 5.41) is 3.26. The van der Waals surface area contributed by atoms with Crippen molar-refractivity contribution in [2.24, 2.45) is 16.6 Å². The van der Waals surface area contributed by atoms with Gasteiger partial charge < -0.3 is 20.5 Å². The molecule has 1 atom stereocenters. The molecule has 7 heteroatoms. The predicted molar refractivity (Wildman–Crippen MR) is 132 cm³/mol. The van der Waals surface area contributed by atoms with E-state index in [1.807, 2.05) is 18.2 Å². The number of nitrogens with zero attached hydrogens (tertiary/aromatic N) is 2. The number of guanidine groups is 1. The van der Waals surface area contributed by atoms with E-state index in [0.29, 0.717) is 17.9 Å². The first kappa shape index (κ1) is 25.8. The molecule has 1 aliphatic rings. The lowest BCUT2D eigenvalue weighted by atomic mass is 9.93. The Morgan fingerprint density at radius 1 is 1.14 bits per heavy atom. The largest absolute Gasteiger partial charge is 0.493 e. The van der Waals surface area contributed by atoms with Crippen LogP contribution in [0, 0.1) is 5.92 Å². The highest BCUT2D eigenvalue weighted by atomic mass is 127. The second-order valence-electron chi connectivity index (χ2n) is 7.48. The minimum atomic E-state index is 0. The first-order valence-electron chi connectivity index (χ1n) is 10.6. The number of nitrogens with one attached hydrogen (secondary N) is 1. The van der Waals surface area contributed by atoms with Crippen molar-refractivity contribution < 1.29 is 9.47 Å². The van der Waals surface area contributed by atoms with Crippen molar-refractivity contribution in [3.05, 3.63) is 23.8 Å². The van der Waals surface area contributed by atoms with Crippen LogP contribution in [-0.4, -0.2) is 57.3 Å². The van der Waals surface area contributed by atoms with Crippen LogP contribution in [0.15, 0.2) is 23.2 Å². The lowest BCUT2D eigenvalue weighted by Crippen LogP contribution is -2.42. The molecule has 1 unspecified atom stereocenters. The maximum Gasteiger partial charge on any atom is 0.188 e. The van der Waals surface area contributed by atoms with Gasteiger partial charge in [0, 0.05) is 12.6 Å². The molecule has 0 amide bonds. The van der Waals surface area contributed by atoms with E-state index in [1.54, 1.807) is 14.2 Å². The van der Waals surface area contributed by atoms with Crippen LogP contribution in [0.2, 0.25) is 0 Å². The summed E-state index contributed by atoms with van der Waals surface area (Å²) in [5.74, 6) is 2.71. The third kappa shape index (κ3) is 7.85. The molecule has 1 aromatic carbocycles. The number of halogens is 1. The molecule has 0 saturated carbocycles. The molecule has 1 aliphatic heterocycles. The Morgan fingerprint density at radius 2 is 1.79 bits per heavy atom. The van der Waals surface area contributed by atoms with E-state index in [2.05, 4.69) is 29.1 Å². The minimum Gasteiger partial charge on any atom is -0.493 e. The molecule has 0 aliphatic carbocycles. The number of ether oxygens (including phenoxy) is 2. The van der Waals surface area contributed by atoms with Crippen LogP contribution in [0.5, 0.6) is 11.5 Å². The van der Waals surface area contributed by atoms with E-state index < -0.39 is 0 Å². The Balaban J connectivity index is 0.00000420. The highest BCUT2D eigenvalue weighted by Crippen LogP contribution is 2.27. The average molecular weight is 518 g/mol. The molecule has 3 N–H and O–H groups in total. The second-order valence-corrected chi connectivity index (χ2v) is 7.48. The van der Waals surface area contributed by atoms with E-state index >= 15 is 0 Å². The second kappa shape index (κ2) is 13.9. The predicted octanol–water partition coefficient (Wildman–Crippen LogP) is 3.67. The Morgan fingerprint density at radius 3 is 2.38 bits per heavy atom. The number of nitrogens with two attached hydrogens (primary N) is 1. The number of aliphatic imine (C=N–C) groups is 1. The fourth-order valence-corrected chi connectivity index (χ4v) is 4.09. The van der Waals surface area contributed by atoms with E-state index in [0.717, 1.165) is 31.0 Å². The molecule has 1 aromatic rings. The third-order valence-electron chi connectivity index (χ3n) is 5.82. The van der Waals surface area contributed by atoms with Gasteiger partial charge in [0.1, 0.15) is 0 Å². The topological polar surface area (TPSA) is 72.1 Å². The minimum absolute atomic E-state index is 0. The molecule has 166 valence electrons. The van der Waals surface area contributed by atoms with Gasteiger partial charge in [-0.25, -0.2) is 0 Å². The molecule has 6 nitrogen and oxygen atoms in total. The lowest BCUT2D eigenvalue weighted by Gasteiger charge is -2.32. The van der Waals surface area contributed by atoms with Gasteiger partial charge in [0.2, 0.25) is 0 Å². The van der Waals surface area contributed by atoms with Crippen molar-refractivity contribution in [2.45, 2.75) is 52.0 Å². The van der Waals surface area contributed by atoms with Gasteiger partial charge in [-0.2, -0.15) is 0 Å². The van der Waals surface area contributed by atoms with Crippen LogP contribution in [0.25, 0.3) is 0 Å². The van der Waals surface area contributed by atoms with Gasteiger partial charge in [0.25, 0.3) is 0 Å². The summed E-state index contributed by atoms with van der Waals surface area (Å²) in [6.07, 6.45) is 5.84. The van der Waals surface area contributed by atoms with Crippen molar-refractivity contribution in [3.63, 3.8) is 0 Å². The highest BCUT2D eigenvalue weighted by Gasteiger charge is 2.27. The molecule has 1 fully saturated rings. The third-order valence-corrected chi connectivity index (χ3v) is 5.82. The van der Waals surface area contributed by atoms with Gasteiger partial charge >= 0.3 is 0 Å². The smallest absolute Gasteiger partial charge is 0.188 e. The quantitative estimate of drug-likeness (QED) is 0.266. The lowest BCUT2D eigenvalue weighted by molar-refractivity contribution is 0.172. The van der Waals surface area contributed by atoms with Gasteiger partial charge in [0.15, 0.2) is 17.5 Å². The summed E-state index contributed by atoms with van der Waals surface area (Å²) in [4.78, 5) is 7.28. The Hall–Kier alpha value is -1.22. The number of methoxy groups -OCH3 is 2. The summed E-state index contributed by atoms with van der Waals surface area (Å²) >= 11 is 0. The van der Waals surface area contributed by atoms with Crippen LogP contribution in [-0.2, 0) is 6.42 Å². The van der Waals surface area contributed by atoms with Crippen molar-refractivity contribution in [3.8, 4) is 11.5 Å². The van der Waals surface area contributed by atoms with Crippen LogP contribution in [0.3, 0.4) is 0 Å². The van der Waals surface area contributed by atoms with E-state index in [1.165, 1.54) is 44.3 Å². The summed E-state index contributed by atoms with van der Waals surface area (Å²) in [7, 11) is 3.30. The zero-order valence-electron chi connectivity index (χ0n) is 18.4. The van der Waals surface area contributed by atoms with Crippen LogP contribution in [0.4, 0.5) is 0 Å². The van der Waals surface area contributed by atoms with Gasteiger partial charge in [-0.15, -0.1) is 24.0 Å². The molecule has 29 heavy (non-hydrogen) atoms. The molecule has 0 aromatic heterocycles. The average Bonchev–Trinajstić information content (AvgIpc) is 3.25. The van der Waals surface area contributed by atoms with E-state index in [4.69, 9.17) is 15.2 Å². The number of hydrogen-bond acceptors (Lipinski definition) is 4. The molecule has 1 heterocycles. The summed E-state index contributed by atoms with van der Waals surface area (Å²) in [5.41, 5.74) is 7.32. The molecule has 0 radical (unpaired) electrons. The van der Waals surface area contributed by atoms with Gasteiger partial charge in [-0.05, 0) is 56.0 Å². The SMILES string of the molecule is CCC(CC)C(CN=C(N)NCCc1ccc(OC)c(OC)c1)N1CCCC1.I. The zero-order valence-corrected chi connectivity index (χ0v) is 20.8. The molecule has 0 bridgehead atoms. The van der Waals surface area contributed by atoms with E-state index in [9.17, 15) is 0 Å². The first-order chi connectivity index (χ1) is 13.6. The summed E-state index contributed by atoms with van der Waals surface area (Å²) in [6.45, 7) is 8.48. The van der Waals surface area contributed by atoms with Crippen LogP contribution in [0.1, 0.15) is 45.1 Å². The maximum atomic E-state index is 6.15. The number of benzene rings is 1. The van der Waals surface area contributed by atoms with Crippen LogP contribution >= 0.6 is 24.0 Å². The standard InChI is InChI=1S/C22H38N4O2.HI/c1-5-18(6-2)19(26-13-7-8-14-26)16-25-22(23)24-12-11-17-9-10-20(27-3)21(15-17)28-4;/h9-10,15,18-19H,5-8,11-14,16H2,1-4H3,(H3,23,24,25);1H. The fourth-order valence-electron chi connectivity index (χ4n) is 4.09. The normalized spacial score (nSPS) is 15.8. The fraction of sp³-hybridized carbons (Fsp3) is 0.682. The Labute approximate surface area is 193 Å². The number of likely N-dealkylation sites (tertiary alicyclic amines) is 1. The summed E-state index contributed by atoms with van der Waals surface area (Å²) < 4.78 is 10.6. The number of hydrogen-bond donors (Lipinski definition) is 2. The van der Waals surface area contributed by atoms with Crippen molar-refractivity contribution >= 4 is 29.9 Å². The Kier molecular flexibility index (Phi) is 12.4. The molecule has 1 saturated heterocycles. The Bertz CT molecular complexity index is 615. The van der Waals surface area contributed by atoms with Gasteiger partial charge in [-0.3, -0.25) is 9.89 Å². The molecule has 0 spiro atoms. The number of rotatable bonds is 11. The van der Waals surface area contributed by atoms with Crippen LogP contribution < -0.4 is 20.5 Å². The molecule has 2 rings (SSSR count). The monoisotopic (exact) mass is 518 g/mol. The van der Waals surface area contributed by atoms with Crippen molar-refractivity contribution in [2.75, 3.05) is 40.4 Å². The van der Waals surface area contributed by atoms with Gasteiger partial charge in [-0.1, -0.05) is 32.8 Å². The highest BCUT2D eigenvalue weighted by molar-refractivity contribution is 14.0. The maximum absolute atomic E-state index is 6.15. The van der Waals surface area contributed by atoms with Crippen molar-refractivity contribution in [1.29, 1.82) is 0 Å². The van der Waals surface area contributed by atoms with E-state index in [-0.39, 0.29) is 24.0 Å². The van der Waals surface area contributed by atoms with Gasteiger partial charge in [0.05, 0.1) is 20.8 Å². The van der Waals surface area contributed by atoms with Crippen molar-refractivity contribution in [1.82, 2.24) is 10.2 Å².